The summed E-state index contributed by atoms with van der Waals surface area (Å²) in [6, 6.07) is 6.59. The summed E-state index contributed by atoms with van der Waals surface area (Å²) < 4.78 is 5.10. The highest BCUT2D eigenvalue weighted by Crippen LogP contribution is 2.19. The van der Waals surface area contributed by atoms with E-state index in [0.29, 0.717) is 6.54 Å². The van der Waals surface area contributed by atoms with Crippen LogP contribution in [0.15, 0.2) is 24.3 Å². The topological polar surface area (TPSA) is 84.7 Å². The zero-order valence-corrected chi connectivity index (χ0v) is 14.9. The molecule has 1 aromatic carbocycles. The van der Waals surface area contributed by atoms with E-state index in [1.807, 2.05) is 32.9 Å². The molecule has 0 bridgehead atoms. The van der Waals surface area contributed by atoms with Crippen molar-refractivity contribution in [2.24, 2.45) is 11.7 Å². The number of likely N-dealkylation sites (N-methyl/N-ethyl adjacent to an activating group) is 1. The third-order valence-corrected chi connectivity index (χ3v) is 3.44. The summed E-state index contributed by atoms with van der Waals surface area (Å²) in [5, 5.41) is 2.59. The minimum Gasteiger partial charge on any atom is -0.497 e. The zero-order valence-electron chi connectivity index (χ0n) is 14.0. The number of hydrogen-bond donors (Lipinski definition) is 2. The number of carbonyl (C=O) groups excluding carboxylic acids is 2. The summed E-state index contributed by atoms with van der Waals surface area (Å²) in [5.41, 5.74) is 6.51. The van der Waals surface area contributed by atoms with E-state index in [0.717, 1.165) is 11.4 Å². The number of halogens is 1. The number of nitrogens with two attached hydrogens (primary N) is 1. The van der Waals surface area contributed by atoms with Crippen molar-refractivity contribution in [3.05, 3.63) is 24.3 Å². The van der Waals surface area contributed by atoms with Crippen LogP contribution in [0.3, 0.4) is 0 Å². The van der Waals surface area contributed by atoms with Gasteiger partial charge in [0.25, 0.3) is 0 Å². The summed E-state index contributed by atoms with van der Waals surface area (Å²) in [4.78, 5) is 25.7. The van der Waals surface area contributed by atoms with Gasteiger partial charge < -0.3 is 20.7 Å². The third-order valence-electron chi connectivity index (χ3n) is 3.44. The predicted octanol–water partition coefficient (Wildman–Crippen LogP) is 1.57. The molecule has 2 amide bonds. The van der Waals surface area contributed by atoms with Crippen LogP contribution in [0, 0.1) is 5.92 Å². The minimum atomic E-state index is -0.608. The second-order valence-electron chi connectivity index (χ2n) is 5.32. The Morgan fingerprint density at radius 2 is 1.83 bits per heavy atom. The number of hydrogen-bond acceptors (Lipinski definition) is 4. The molecule has 6 nitrogen and oxygen atoms in total. The predicted molar refractivity (Wildman–Crippen MR) is 94.1 cm³/mol. The van der Waals surface area contributed by atoms with Crippen LogP contribution in [0.5, 0.6) is 5.75 Å². The molecule has 3 N–H and O–H groups in total. The van der Waals surface area contributed by atoms with E-state index < -0.39 is 6.04 Å². The second-order valence-corrected chi connectivity index (χ2v) is 5.32. The molecule has 0 saturated heterocycles. The van der Waals surface area contributed by atoms with Gasteiger partial charge in [-0.3, -0.25) is 9.59 Å². The van der Waals surface area contributed by atoms with Crippen molar-refractivity contribution in [3.8, 4) is 5.75 Å². The number of ether oxygens (including phenoxy) is 1. The Morgan fingerprint density at radius 1 is 1.26 bits per heavy atom. The Bertz CT molecular complexity index is 506. The van der Waals surface area contributed by atoms with Crippen molar-refractivity contribution in [2.45, 2.75) is 26.8 Å². The molecule has 0 spiro atoms. The lowest BCUT2D eigenvalue weighted by Gasteiger charge is -2.22. The fraction of sp³-hybridized carbons (Fsp3) is 0.500. The van der Waals surface area contributed by atoms with Crippen LogP contribution in [0.25, 0.3) is 0 Å². The molecule has 0 radical (unpaired) electrons. The molecule has 0 aliphatic carbocycles. The standard InChI is InChI=1S/C16H25N3O3.ClH/c1-5-19(12-6-8-13(22-4)9-7-12)14(20)10-18-16(21)15(17)11(2)3;/h6-9,11,15H,5,10,17H2,1-4H3,(H,18,21);1H/t15-;/m0./s1. The van der Waals surface area contributed by atoms with E-state index in [-0.39, 0.29) is 36.7 Å². The number of amides is 2. The maximum atomic E-state index is 12.3. The molecule has 0 unspecified atom stereocenters. The van der Waals surface area contributed by atoms with Gasteiger partial charge in [-0.1, -0.05) is 13.8 Å². The Balaban J connectivity index is 0.00000484. The smallest absolute Gasteiger partial charge is 0.246 e. The first-order valence-corrected chi connectivity index (χ1v) is 7.38. The molecule has 0 heterocycles. The Hall–Kier alpha value is -1.79. The number of methoxy groups -OCH3 is 1. The first kappa shape index (κ1) is 21.2. The van der Waals surface area contributed by atoms with E-state index in [9.17, 15) is 9.59 Å². The van der Waals surface area contributed by atoms with Gasteiger partial charge in [0.2, 0.25) is 11.8 Å². The average molecular weight is 344 g/mol. The average Bonchev–Trinajstić information content (AvgIpc) is 2.53. The van der Waals surface area contributed by atoms with Gasteiger partial charge in [0.15, 0.2) is 0 Å². The first-order valence-electron chi connectivity index (χ1n) is 7.38. The van der Waals surface area contributed by atoms with Gasteiger partial charge in [-0.2, -0.15) is 0 Å². The van der Waals surface area contributed by atoms with Gasteiger partial charge in [0, 0.05) is 12.2 Å². The Labute approximate surface area is 143 Å². The first-order chi connectivity index (χ1) is 10.4. The van der Waals surface area contributed by atoms with Crippen LogP contribution in [0.2, 0.25) is 0 Å². The fourth-order valence-electron chi connectivity index (χ4n) is 1.94. The van der Waals surface area contributed by atoms with Crippen LogP contribution in [0.1, 0.15) is 20.8 Å². The van der Waals surface area contributed by atoms with Crippen LogP contribution in [0.4, 0.5) is 5.69 Å². The van der Waals surface area contributed by atoms with Gasteiger partial charge in [0.1, 0.15) is 5.75 Å². The lowest BCUT2D eigenvalue weighted by Crippen LogP contribution is -2.48. The van der Waals surface area contributed by atoms with E-state index in [1.165, 1.54) is 0 Å². The molecule has 0 aromatic heterocycles. The summed E-state index contributed by atoms with van der Waals surface area (Å²) in [6.45, 7) is 6.05. The van der Waals surface area contributed by atoms with Gasteiger partial charge in [-0.05, 0) is 37.1 Å². The van der Waals surface area contributed by atoms with E-state index in [2.05, 4.69) is 5.32 Å². The van der Waals surface area contributed by atoms with Crippen LogP contribution < -0.4 is 20.7 Å². The van der Waals surface area contributed by atoms with Crippen molar-refractivity contribution in [1.82, 2.24) is 5.32 Å². The second kappa shape index (κ2) is 10.1. The van der Waals surface area contributed by atoms with Gasteiger partial charge in [0.05, 0.1) is 19.7 Å². The Morgan fingerprint density at radius 3 is 2.26 bits per heavy atom. The fourth-order valence-corrected chi connectivity index (χ4v) is 1.94. The molecule has 0 aliphatic rings. The minimum absolute atomic E-state index is 0. The summed E-state index contributed by atoms with van der Waals surface area (Å²) in [5.74, 6) is 0.258. The molecule has 0 saturated carbocycles. The largest absolute Gasteiger partial charge is 0.497 e. The van der Waals surface area contributed by atoms with E-state index in [1.54, 1.807) is 24.1 Å². The molecule has 1 atom stereocenters. The van der Waals surface area contributed by atoms with Gasteiger partial charge >= 0.3 is 0 Å². The normalized spacial score (nSPS) is 11.4. The highest BCUT2D eigenvalue weighted by atomic mass is 35.5. The SMILES string of the molecule is CCN(C(=O)CNC(=O)[C@@H](N)C(C)C)c1ccc(OC)cc1.Cl. The van der Waals surface area contributed by atoms with Gasteiger partial charge in [-0.15, -0.1) is 12.4 Å². The number of carbonyl (C=O) groups is 2. The highest BCUT2D eigenvalue weighted by Gasteiger charge is 2.19. The molecule has 130 valence electrons. The van der Waals surface area contributed by atoms with Crippen LogP contribution >= 0.6 is 12.4 Å². The molecule has 1 rings (SSSR count). The lowest BCUT2D eigenvalue weighted by atomic mass is 10.1. The summed E-state index contributed by atoms with van der Waals surface area (Å²) >= 11 is 0. The monoisotopic (exact) mass is 343 g/mol. The maximum Gasteiger partial charge on any atom is 0.246 e. The third kappa shape index (κ3) is 6.08. The van der Waals surface area contributed by atoms with Crippen molar-refractivity contribution < 1.29 is 14.3 Å². The highest BCUT2D eigenvalue weighted by molar-refractivity contribution is 5.97. The van der Waals surface area contributed by atoms with Gasteiger partial charge in [-0.25, -0.2) is 0 Å². The molecule has 7 heteroatoms. The molecule has 0 aliphatic heterocycles. The number of anilines is 1. The maximum absolute atomic E-state index is 12.3. The summed E-state index contributed by atoms with van der Waals surface area (Å²) in [7, 11) is 1.59. The van der Waals surface area contributed by atoms with Crippen molar-refractivity contribution in [3.63, 3.8) is 0 Å². The van der Waals surface area contributed by atoms with Crippen LogP contribution in [-0.4, -0.2) is 38.1 Å². The molecule has 1 aromatic rings. The molecular weight excluding hydrogens is 318 g/mol. The van der Waals surface area contributed by atoms with Crippen molar-refractivity contribution >= 4 is 29.9 Å². The quantitative estimate of drug-likeness (QED) is 0.787. The Kier molecular flexibility index (Phi) is 9.29. The number of benzene rings is 1. The van der Waals surface area contributed by atoms with Crippen LogP contribution in [-0.2, 0) is 9.59 Å². The zero-order chi connectivity index (χ0) is 16.7. The summed E-state index contributed by atoms with van der Waals surface area (Å²) in [6.07, 6.45) is 0. The molecule has 0 fully saturated rings. The van der Waals surface area contributed by atoms with Crippen molar-refractivity contribution in [1.29, 1.82) is 0 Å². The van der Waals surface area contributed by atoms with E-state index >= 15 is 0 Å². The van der Waals surface area contributed by atoms with E-state index in [4.69, 9.17) is 10.5 Å². The molecule has 23 heavy (non-hydrogen) atoms. The number of nitrogens with zero attached hydrogens (tertiary/aromatic N) is 1. The molecular formula is C16H26ClN3O3. The van der Waals surface area contributed by atoms with Crippen molar-refractivity contribution in [2.75, 3.05) is 25.1 Å². The number of nitrogens with one attached hydrogen (secondary N) is 1. The lowest BCUT2D eigenvalue weighted by molar-refractivity contribution is -0.126. The number of rotatable bonds is 7.